The highest BCUT2D eigenvalue weighted by atomic mass is 35.5. The number of halogens is 5. The molecule has 1 aromatic carbocycles. The second kappa shape index (κ2) is 11.6. The first-order valence-corrected chi connectivity index (χ1v) is 7.64. The van der Waals surface area contributed by atoms with Gasteiger partial charge in [0.25, 0.3) is 0 Å². The van der Waals surface area contributed by atoms with Crippen LogP contribution < -0.4 is 15.4 Å². The zero-order valence-electron chi connectivity index (χ0n) is 14.4. The van der Waals surface area contributed by atoms with Gasteiger partial charge >= 0.3 is 6.18 Å². The Morgan fingerprint density at radius 1 is 1.11 bits per heavy atom. The van der Waals surface area contributed by atoms with Crippen molar-refractivity contribution in [3.63, 3.8) is 0 Å². The van der Waals surface area contributed by atoms with Crippen molar-refractivity contribution in [1.82, 2.24) is 10.3 Å². The lowest BCUT2D eigenvalue weighted by Gasteiger charge is -2.09. The molecule has 27 heavy (non-hydrogen) atoms. The molecule has 0 atom stereocenters. The van der Waals surface area contributed by atoms with Crippen molar-refractivity contribution < 1.29 is 22.7 Å². The molecule has 0 bridgehead atoms. The maximum atomic E-state index is 12.5. The zero-order chi connectivity index (χ0) is 18.3. The number of anilines is 1. The number of ether oxygens (including phenoxy) is 1. The molecule has 0 spiro atoms. The molecule has 2 aromatic rings. The lowest BCUT2D eigenvalue weighted by molar-refractivity contribution is -0.137. The maximum absolute atomic E-state index is 12.5. The average Bonchev–Trinajstić information content (AvgIpc) is 2.57. The summed E-state index contributed by atoms with van der Waals surface area (Å²) in [6.45, 7) is 0.756. The zero-order valence-corrected chi connectivity index (χ0v) is 16.0. The van der Waals surface area contributed by atoms with Crippen molar-refractivity contribution >= 4 is 36.4 Å². The number of nitrogens with one attached hydrogen (secondary N) is 2. The fourth-order valence-electron chi connectivity index (χ4n) is 2.00. The Bertz CT molecular complexity index is 696. The maximum Gasteiger partial charge on any atom is 0.416 e. The summed E-state index contributed by atoms with van der Waals surface area (Å²) in [4.78, 5) is 15.7. The summed E-state index contributed by atoms with van der Waals surface area (Å²) in [7, 11) is 1.82. The summed E-state index contributed by atoms with van der Waals surface area (Å²) < 4.78 is 42.9. The molecule has 0 fully saturated rings. The lowest BCUT2D eigenvalue weighted by Crippen LogP contribution is -2.15. The molecule has 0 radical (unpaired) electrons. The molecule has 0 aliphatic heterocycles. The highest BCUT2D eigenvalue weighted by Crippen LogP contribution is 2.31. The summed E-state index contributed by atoms with van der Waals surface area (Å²) in [5, 5.41) is 5.66. The van der Waals surface area contributed by atoms with Crippen LogP contribution >= 0.6 is 24.8 Å². The van der Waals surface area contributed by atoms with Gasteiger partial charge in [-0.3, -0.25) is 4.79 Å². The van der Waals surface area contributed by atoms with E-state index in [2.05, 4.69) is 15.6 Å². The van der Waals surface area contributed by atoms with Gasteiger partial charge < -0.3 is 15.4 Å². The van der Waals surface area contributed by atoms with Crippen LogP contribution in [0.15, 0.2) is 42.6 Å². The Morgan fingerprint density at radius 2 is 1.78 bits per heavy atom. The van der Waals surface area contributed by atoms with E-state index in [1.165, 1.54) is 24.4 Å². The fourth-order valence-corrected chi connectivity index (χ4v) is 2.00. The van der Waals surface area contributed by atoms with Crippen LogP contribution in [-0.2, 0) is 11.0 Å². The molecule has 0 saturated heterocycles. The highest BCUT2D eigenvalue weighted by molar-refractivity contribution is 5.90. The van der Waals surface area contributed by atoms with E-state index in [1.807, 2.05) is 7.05 Å². The molecule has 2 N–H and O–H groups in total. The SMILES string of the molecule is CNCCCC(=O)Nc1ccc(Oc2ccc(C(F)(F)F)cc2)nc1.Cl.Cl. The quantitative estimate of drug-likeness (QED) is 0.632. The van der Waals surface area contributed by atoms with Gasteiger partial charge in [0.05, 0.1) is 17.4 Å². The molecule has 1 amide bonds. The normalized spacial score (nSPS) is 10.4. The van der Waals surface area contributed by atoms with E-state index in [1.54, 1.807) is 6.07 Å². The first-order chi connectivity index (χ1) is 11.9. The standard InChI is InChI=1S/C17H18F3N3O2.2ClH/c1-21-10-2-3-15(24)23-13-6-9-16(22-11-13)25-14-7-4-12(5-8-14)17(18,19)20;;/h4-9,11,21H,2-3,10H2,1H3,(H,23,24);2*1H. The number of alkyl halides is 3. The fraction of sp³-hybridized carbons (Fsp3) is 0.294. The molecule has 1 heterocycles. The van der Waals surface area contributed by atoms with Crippen LogP contribution in [0.4, 0.5) is 18.9 Å². The van der Waals surface area contributed by atoms with Crippen LogP contribution in [0.3, 0.4) is 0 Å². The van der Waals surface area contributed by atoms with Gasteiger partial charge in [-0.1, -0.05) is 0 Å². The Hall–Kier alpha value is -2.03. The van der Waals surface area contributed by atoms with Crippen molar-refractivity contribution in [3.05, 3.63) is 48.2 Å². The summed E-state index contributed by atoms with van der Waals surface area (Å²) in [6.07, 6.45) is -1.84. The number of rotatable bonds is 7. The van der Waals surface area contributed by atoms with Gasteiger partial charge in [0.15, 0.2) is 0 Å². The van der Waals surface area contributed by atoms with Gasteiger partial charge in [-0.15, -0.1) is 24.8 Å². The number of carbonyl (C=O) groups excluding carboxylic acids is 1. The van der Waals surface area contributed by atoms with E-state index in [-0.39, 0.29) is 42.4 Å². The Morgan fingerprint density at radius 3 is 2.30 bits per heavy atom. The highest BCUT2D eigenvalue weighted by Gasteiger charge is 2.30. The van der Waals surface area contributed by atoms with Crippen molar-refractivity contribution in [2.45, 2.75) is 19.0 Å². The molecule has 0 saturated carbocycles. The van der Waals surface area contributed by atoms with Crippen LogP contribution in [-0.4, -0.2) is 24.5 Å². The van der Waals surface area contributed by atoms with E-state index >= 15 is 0 Å². The van der Waals surface area contributed by atoms with E-state index < -0.39 is 11.7 Å². The van der Waals surface area contributed by atoms with Crippen LogP contribution in [0.5, 0.6) is 11.6 Å². The average molecular weight is 426 g/mol. The number of amides is 1. The number of aromatic nitrogens is 1. The number of hydrogen-bond acceptors (Lipinski definition) is 4. The van der Waals surface area contributed by atoms with Gasteiger partial charge in [0.2, 0.25) is 11.8 Å². The monoisotopic (exact) mass is 425 g/mol. The molecule has 150 valence electrons. The minimum absolute atomic E-state index is 0. The molecular formula is C17H20Cl2F3N3O2. The number of nitrogens with zero attached hydrogens (tertiary/aromatic N) is 1. The lowest BCUT2D eigenvalue weighted by atomic mass is 10.2. The van der Waals surface area contributed by atoms with E-state index in [4.69, 9.17) is 4.74 Å². The topological polar surface area (TPSA) is 63.2 Å². The van der Waals surface area contributed by atoms with Crippen molar-refractivity contribution in [3.8, 4) is 11.6 Å². The molecule has 10 heteroatoms. The largest absolute Gasteiger partial charge is 0.439 e. The van der Waals surface area contributed by atoms with Crippen molar-refractivity contribution in [2.24, 2.45) is 0 Å². The van der Waals surface area contributed by atoms with Crippen LogP contribution in [0.1, 0.15) is 18.4 Å². The van der Waals surface area contributed by atoms with Crippen LogP contribution in [0, 0.1) is 0 Å². The first kappa shape index (κ1) is 25.0. The third kappa shape index (κ3) is 8.47. The Labute approximate surface area is 167 Å². The van der Waals surface area contributed by atoms with Crippen molar-refractivity contribution in [1.29, 1.82) is 0 Å². The van der Waals surface area contributed by atoms with Gasteiger partial charge in [0.1, 0.15) is 5.75 Å². The second-order valence-corrected chi connectivity index (χ2v) is 5.26. The summed E-state index contributed by atoms with van der Waals surface area (Å²) >= 11 is 0. The van der Waals surface area contributed by atoms with E-state index in [0.717, 1.165) is 25.1 Å². The van der Waals surface area contributed by atoms with Gasteiger partial charge in [-0.05, 0) is 50.3 Å². The number of pyridine rings is 1. The third-order valence-corrected chi connectivity index (χ3v) is 3.25. The molecule has 0 aliphatic rings. The second-order valence-electron chi connectivity index (χ2n) is 5.26. The molecular weight excluding hydrogens is 406 g/mol. The predicted octanol–water partition coefficient (Wildman–Crippen LogP) is 4.67. The van der Waals surface area contributed by atoms with E-state index in [9.17, 15) is 18.0 Å². The van der Waals surface area contributed by atoms with E-state index in [0.29, 0.717) is 12.1 Å². The molecule has 2 rings (SSSR count). The molecule has 0 aliphatic carbocycles. The molecule has 0 unspecified atom stereocenters. The number of hydrogen-bond donors (Lipinski definition) is 2. The smallest absolute Gasteiger partial charge is 0.416 e. The minimum atomic E-state index is -4.39. The van der Waals surface area contributed by atoms with Gasteiger partial charge in [-0.25, -0.2) is 4.98 Å². The van der Waals surface area contributed by atoms with Gasteiger partial charge in [-0.2, -0.15) is 13.2 Å². The summed E-state index contributed by atoms with van der Waals surface area (Å²) in [5.41, 5.74) is -0.224. The minimum Gasteiger partial charge on any atom is -0.439 e. The number of benzene rings is 1. The summed E-state index contributed by atoms with van der Waals surface area (Å²) in [5.74, 6) is 0.339. The Kier molecular flexibility index (Phi) is 10.8. The summed E-state index contributed by atoms with van der Waals surface area (Å²) in [6, 6.07) is 7.47. The predicted molar refractivity (Wildman–Crippen MR) is 102 cm³/mol. The number of carbonyl (C=O) groups is 1. The molecule has 1 aromatic heterocycles. The molecule has 5 nitrogen and oxygen atoms in total. The van der Waals surface area contributed by atoms with Crippen LogP contribution in [0.25, 0.3) is 0 Å². The van der Waals surface area contributed by atoms with Crippen LogP contribution in [0.2, 0.25) is 0 Å². The first-order valence-electron chi connectivity index (χ1n) is 7.64. The Balaban J connectivity index is 0.00000338. The van der Waals surface area contributed by atoms with Gasteiger partial charge in [0, 0.05) is 12.5 Å². The third-order valence-electron chi connectivity index (χ3n) is 3.25. The van der Waals surface area contributed by atoms with Crippen molar-refractivity contribution in [2.75, 3.05) is 18.9 Å².